The van der Waals surface area contributed by atoms with E-state index in [-0.39, 0.29) is 80.0 Å². The number of amides is 5. The normalized spacial score (nSPS) is 19.7. The van der Waals surface area contributed by atoms with Gasteiger partial charge in [-0.3, -0.25) is 33.9 Å². The van der Waals surface area contributed by atoms with E-state index < -0.39 is 17.9 Å². The minimum atomic E-state index is -1.00. The highest BCUT2D eigenvalue weighted by atomic mass is 16.5. The first-order chi connectivity index (χ1) is 21.5. The highest BCUT2D eigenvalue weighted by molar-refractivity contribution is 5.99. The molecule has 13 nitrogen and oxygen atoms in total. The minimum absolute atomic E-state index is 0.00206. The molecule has 1 aromatic heterocycles. The summed E-state index contributed by atoms with van der Waals surface area (Å²) in [6.07, 6.45) is 6.47. The maximum absolute atomic E-state index is 13.5. The van der Waals surface area contributed by atoms with E-state index in [0.717, 1.165) is 0 Å². The van der Waals surface area contributed by atoms with Crippen LogP contribution < -0.4 is 20.7 Å². The SMILES string of the molecule is CC(C)C[C@H]1COc2ccccc2C(=O)N[C@H](C(=O)NCCc2cnccn2)CCC(=O)N(C)CCCC(=O)N(C)CC(=O)N1. The zero-order valence-corrected chi connectivity index (χ0v) is 26.6. The quantitative estimate of drug-likeness (QED) is 0.434. The van der Waals surface area contributed by atoms with Crippen LogP contribution in [0.15, 0.2) is 42.9 Å². The summed E-state index contributed by atoms with van der Waals surface area (Å²) < 4.78 is 6.06. The van der Waals surface area contributed by atoms with Crippen LogP contribution in [0.4, 0.5) is 0 Å². The molecule has 0 radical (unpaired) electrons. The number of hydrogen-bond acceptors (Lipinski definition) is 8. The topological polar surface area (TPSA) is 163 Å². The molecule has 1 aliphatic heterocycles. The van der Waals surface area contributed by atoms with Crippen molar-refractivity contribution in [3.63, 3.8) is 0 Å². The molecule has 5 amide bonds. The summed E-state index contributed by atoms with van der Waals surface area (Å²) in [7, 11) is 3.21. The Morgan fingerprint density at radius 3 is 2.53 bits per heavy atom. The van der Waals surface area contributed by atoms with Gasteiger partial charge in [-0.2, -0.15) is 0 Å². The molecule has 1 aliphatic rings. The van der Waals surface area contributed by atoms with Gasteiger partial charge in [-0.05, 0) is 37.3 Å². The van der Waals surface area contributed by atoms with Crippen LogP contribution in [-0.4, -0.2) is 102 Å². The lowest BCUT2D eigenvalue weighted by Crippen LogP contribution is -2.48. The number of para-hydroxylation sites is 1. The van der Waals surface area contributed by atoms with Gasteiger partial charge in [0.1, 0.15) is 18.4 Å². The van der Waals surface area contributed by atoms with Gasteiger partial charge in [0.25, 0.3) is 5.91 Å². The van der Waals surface area contributed by atoms with Crippen LogP contribution in [0.5, 0.6) is 5.75 Å². The molecule has 0 saturated carbocycles. The third kappa shape index (κ3) is 11.8. The first-order valence-electron chi connectivity index (χ1n) is 15.4. The standard InChI is InChI=1S/C32H45N7O6/c1-22(2)18-24-21-45-27-9-6-5-8-25(27)31(43)37-26(32(44)35-14-13-23-19-33-15-16-34-23)11-12-30(42)38(3)17-7-10-29(41)39(4)20-28(40)36-24/h5-6,8-9,15-16,19,22,24,26H,7,10-14,17-18,20-21H2,1-4H3,(H,35,44)(H,36,40)(H,37,43)/t24-,26-/m0/s1. The lowest BCUT2D eigenvalue weighted by Gasteiger charge is -2.25. The smallest absolute Gasteiger partial charge is 0.255 e. The highest BCUT2D eigenvalue weighted by Crippen LogP contribution is 2.20. The van der Waals surface area contributed by atoms with Gasteiger partial charge in [0, 0.05) is 65.0 Å². The Bertz CT molecular complexity index is 1310. The van der Waals surface area contributed by atoms with Crippen molar-refractivity contribution in [2.75, 3.05) is 40.3 Å². The Hall–Kier alpha value is -4.55. The van der Waals surface area contributed by atoms with Crippen molar-refractivity contribution < 1.29 is 28.7 Å². The van der Waals surface area contributed by atoms with Crippen LogP contribution in [0.1, 0.15) is 62.0 Å². The second-order valence-corrected chi connectivity index (χ2v) is 11.7. The lowest BCUT2D eigenvalue weighted by molar-refractivity contribution is -0.135. The van der Waals surface area contributed by atoms with Gasteiger partial charge in [-0.25, -0.2) is 0 Å². The Morgan fingerprint density at radius 1 is 1.04 bits per heavy atom. The number of carbonyl (C=O) groups excluding carboxylic acids is 5. The Morgan fingerprint density at radius 2 is 1.80 bits per heavy atom. The van der Waals surface area contributed by atoms with E-state index in [1.807, 2.05) is 13.8 Å². The van der Waals surface area contributed by atoms with E-state index in [2.05, 4.69) is 25.9 Å². The van der Waals surface area contributed by atoms with Crippen LogP contribution in [0.2, 0.25) is 0 Å². The Labute approximate surface area is 264 Å². The minimum Gasteiger partial charge on any atom is -0.491 e. The molecule has 2 atom stereocenters. The van der Waals surface area contributed by atoms with Crippen molar-refractivity contribution in [1.29, 1.82) is 0 Å². The van der Waals surface area contributed by atoms with Crippen LogP contribution >= 0.6 is 0 Å². The van der Waals surface area contributed by atoms with Crippen molar-refractivity contribution in [1.82, 2.24) is 35.7 Å². The fourth-order valence-electron chi connectivity index (χ4n) is 4.93. The van der Waals surface area contributed by atoms with Gasteiger partial charge in [0.15, 0.2) is 0 Å². The summed E-state index contributed by atoms with van der Waals surface area (Å²) in [4.78, 5) is 76.3. The van der Waals surface area contributed by atoms with Gasteiger partial charge in [-0.15, -0.1) is 0 Å². The lowest BCUT2D eigenvalue weighted by atomic mass is 10.0. The maximum Gasteiger partial charge on any atom is 0.255 e. The summed E-state index contributed by atoms with van der Waals surface area (Å²) in [5.41, 5.74) is 0.922. The number of carbonyl (C=O) groups is 5. The van der Waals surface area contributed by atoms with E-state index in [1.165, 1.54) is 9.80 Å². The molecule has 244 valence electrons. The fourth-order valence-corrected chi connectivity index (χ4v) is 4.93. The number of hydrogen-bond donors (Lipinski definition) is 3. The number of nitrogens with one attached hydrogen (secondary N) is 3. The van der Waals surface area contributed by atoms with Crippen molar-refractivity contribution in [3.05, 3.63) is 54.1 Å². The summed E-state index contributed by atoms with van der Waals surface area (Å²) in [5.74, 6) is -1.17. The molecule has 0 fully saturated rings. The molecule has 1 aromatic carbocycles. The van der Waals surface area contributed by atoms with Crippen LogP contribution in [-0.2, 0) is 25.6 Å². The molecule has 0 unspecified atom stereocenters. The van der Waals surface area contributed by atoms with Gasteiger partial charge in [0.05, 0.1) is 23.8 Å². The highest BCUT2D eigenvalue weighted by Gasteiger charge is 2.26. The molecule has 0 aliphatic carbocycles. The van der Waals surface area contributed by atoms with Crippen LogP contribution in [0.3, 0.4) is 0 Å². The van der Waals surface area contributed by atoms with Gasteiger partial charge in [0.2, 0.25) is 23.6 Å². The van der Waals surface area contributed by atoms with Crippen molar-refractivity contribution in [3.8, 4) is 5.75 Å². The molecular weight excluding hydrogens is 578 g/mol. The fraction of sp³-hybridized carbons (Fsp3) is 0.531. The molecule has 0 saturated heterocycles. The summed E-state index contributed by atoms with van der Waals surface area (Å²) in [6.45, 7) is 4.64. The average Bonchev–Trinajstić information content (AvgIpc) is 3.01. The maximum atomic E-state index is 13.5. The first kappa shape index (κ1) is 34.9. The molecule has 3 rings (SSSR count). The van der Waals surface area contributed by atoms with Crippen LogP contribution in [0, 0.1) is 5.92 Å². The molecule has 0 spiro atoms. The Balaban J connectivity index is 1.82. The van der Waals surface area contributed by atoms with Gasteiger partial charge < -0.3 is 30.5 Å². The zero-order valence-electron chi connectivity index (χ0n) is 26.6. The number of likely N-dealkylation sites (N-methyl/N-ethyl adjacent to an activating group) is 1. The Kier molecular flexibility index (Phi) is 13.7. The summed E-state index contributed by atoms with van der Waals surface area (Å²) in [5, 5.41) is 8.58. The van der Waals surface area contributed by atoms with E-state index in [4.69, 9.17) is 4.74 Å². The van der Waals surface area contributed by atoms with Crippen molar-refractivity contribution >= 4 is 29.5 Å². The van der Waals surface area contributed by atoms with Crippen molar-refractivity contribution in [2.45, 2.75) is 64.5 Å². The third-order valence-corrected chi connectivity index (χ3v) is 7.37. The van der Waals surface area contributed by atoms with E-state index in [0.29, 0.717) is 31.5 Å². The van der Waals surface area contributed by atoms with E-state index in [1.54, 1.807) is 57.0 Å². The summed E-state index contributed by atoms with van der Waals surface area (Å²) in [6, 6.07) is 5.29. The molecule has 0 bridgehead atoms. The predicted octanol–water partition coefficient (Wildman–Crippen LogP) is 1.33. The predicted molar refractivity (Wildman–Crippen MR) is 167 cm³/mol. The molecular formula is C32H45N7O6. The number of nitrogens with zero attached hydrogens (tertiary/aromatic N) is 4. The molecule has 2 aromatic rings. The number of rotatable bonds is 6. The first-order valence-corrected chi connectivity index (χ1v) is 15.4. The second kappa shape index (κ2) is 17.7. The molecule has 2 heterocycles. The monoisotopic (exact) mass is 623 g/mol. The van der Waals surface area contributed by atoms with Gasteiger partial charge >= 0.3 is 0 Å². The summed E-state index contributed by atoms with van der Waals surface area (Å²) >= 11 is 0. The number of ether oxygens (including phenoxy) is 1. The van der Waals surface area contributed by atoms with Gasteiger partial charge in [-0.1, -0.05) is 26.0 Å². The number of benzene rings is 1. The van der Waals surface area contributed by atoms with Crippen molar-refractivity contribution in [2.24, 2.45) is 5.92 Å². The molecule has 13 heteroatoms. The average molecular weight is 624 g/mol. The molecule has 45 heavy (non-hydrogen) atoms. The third-order valence-electron chi connectivity index (χ3n) is 7.37. The largest absolute Gasteiger partial charge is 0.491 e. The second-order valence-electron chi connectivity index (χ2n) is 11.7. The van der Waals surface area contributed by atoms with E-state index in [9.17, 15) is 24.0 Å². The number of aromatic nitrogens is 2. The van der Waals surface area contributed by atoms with E-state index >= 15 is 0 Å². The zero-order chi connectivity index (χ0) is 32.8. The number of fused-ring (bicyclic) bond motifs is 1. The molecule has 3 N–H and O–H groups in total. The van der Waals surface area contributed by atoms with Crippen LogP contribution in [0.25, 0.3) is 0 Å².